The molecule has 24 heavy (non-hydrogen) atoms. The van der Waals surface area contributed by atoms with Crippen LogP contribution in [0.15, 0.2) is 36.5 Å². The average molecular weight is 322 g/mol. The lowest BCUT2D eigenvalue weighted by molar-refractivity contribution is -0.123. The maximum Gasteiger partial charge on any atom is 0.230 e. The highest BCUT2D eigenvalue weighted by molar-refractivity contribution is 6.00. The van der Waals surface area contributed by atoms with Crippen LogP contribution >= 0.6 is 0 Å². The van der Waals surface area contributed by atoms with Gasteiger partial charge in [-0.3, -0.25) is 4.79 Å². The fraction of sp³-hybridized carbons (Fsp3) is 0.368. The first-order valence-corrected chi connectivity index (χ1v) is 8.64. The molecule has 0 radical (unpaired) electrons. The number of anilines is 4. The van der Waals surface area contributed by atoms with E-state index in [-0.39, 0.29) is 11.8 Å². The molecular weight excluding hydrogens is 300 g/mol. The standard InChI is InChI=1S/C19H22N4O/c20-15-8-9-16-17(11-15)23(19(24)13-5-2-1-3-6-13)12-14-7-4-10-21-18(14)22-16/h4,7-11,13H,1-3,5-6,12,20H2,(H,21,22). The number of aromatic nitrogens is 1. The lowest BCUT2D eigenvalue weighted by atomic mass is 9.88. The quantitative estimate of drug-likeness (QED) is 0.783. The first-order valence-electron chi connectivity index (χ1n) is 8.64. The molecule has 2 aliphatic rings. The number of pyridine rings is 1. The SMILES string of the molecule is Nc1ccc2c(c1)N(C(=O)C1CCCCC1)Cc1cccnc1N2. The largest absolute Gasteiger partial charge is 0.399 e. The highest BCUT2D eigenvalue weighted by Crippen LogP contribution is 2.38. The van der Waals surface area contributed by atoms with Crippen molar-refractivity contribution in [1.82, 2.24) is 4.98 Å². The van der Waals surface area contributed by atoms with E-state index in [9.17, 15) is 4.79 Å². The Morgan fingerprint density at radius 3 is 2.88 bits per heavy atom. The predicted molar refractivity (Wildman–Crippen MR) is 96.1 cm³/mol. The summed E-state index contributed by atoms with van der Waals surface area (Å²) in [7, 11) is 0. The van der Waals surface area contributed by atoms with Gasteiger partial charge < -0.3 is 16.0 Å². The molecule has 1 aromatic carbocycles. The highest BCUT2D eigenvalue weighted by Gasteiger charge is 2.30. The van der Waals surface area contributed by atoms with E-state index in [2.05, 4.69) is 10.3 Å². The van der Waals surface area contributed by atoms with Gasteiger partial charge in [-0.1, -0.05) is 25.3 Å². The molecule has 1 aromatic heterocycles. The lowest BCUT2D eigenvalue weighted by Gasteiger charge is -2.29. The monoisotopic (exact) mass is 322 g/mol. The summed E-state index contributed by atoms with van der Waals surface area (Å²) in [4.78, 5) is 19.5. The lowest BCUT2D eigenvalue weighted by Crippen LogP contribution is -2.36. The smallest absolute Gasteiger partial charge is 0.230 e. The number of carbonyl (C=O) groups is 1. The molecule has 3 N–H and O–H groups in total. The summed E-state index contributed by atoms with van der Waals surface area (Å²) in [6, 6.07) is 9.59. The first kappa shape index (κ1) is 15.0. The molecule has 5 nitrogen and oxygen atoms in total. The van der Waals surface area contributed by atoms with E-state index in [0.717, 1.165) is 48.4 Å². The van der Waals surface area contributed by atoms with Crippen molar-refractivity contribution in [2.24, 2.45) is 5.92 Å². The van der Waals surface area contributed by atoms with Crippen LogP contribution in [0.2, 0.25) is 0 Å². The summed E-state index contributed by atoms with van der Waals surface area (Å²) in [6.45, 7) is 0.530. The molecule has 0 saturated heterocycles. The molecule has 1 saturated carbocycles. The molecule has 1 amide bonds. The third-order valence-electron chi connectivity index (χ3n) is 5.01. The van der Waals surface area contributed by atoms with Gasteiger partial charge >= 0.3 is 0 Å². The van der Waals surface area contributed by atoms with E-state index in [4.69, 9.17) is 5.73 Å². The number of fused-ring (bicyclic) bond motifs is 2. The Balaban J connectivity index is 1.76. The second-order valence-corrected chi connectivity index (χ2v) is 6.67. The Kier molecular flexibility index (Phi) is 3.84. The molecule has 2 heterocycles. The minimum absolute atomic E-state index is 0.117. The van der Waals surface area contributed by atoms with Gasteiger partial charge in [0.2, 0.25) is 5.91 Å². The van der Waals surface area contributed by atoms with Crippen molar-refractivity contribution in [3.8, 4) is 0 Å². The van der Waals surface area contributed by atoms with E-state index in [1.165, 1.54) is 6.42 Å². The molecule has 5 heteroatoms. The molecule has 4 rings (SSSR count). The number of nitrogens with zero attached hydrogens (tertiary/aromatic N) is 2. The van der Waals surface area contributed by atoms with Crippen LogP contribution in [0.3, 0.4) is 0 Å². The number of nitrogens with two attached hydrogens (primary N) is 1. The van der Waals surface area contributed by atoms with Crippen LogP contribution in [0.1, 0.15) is 37.7 Å². The number of nitrogens with one attached hydrogen (secondary N) is 1. The second kappa shape index (κ2) is 6.15. The van der Waals surface area contributed by atoms with Crippen molar-refractivity contribution < 1.29 is 4.79 Å². The van der Waals surface area contributed by atoms with Crippen LogP contribution in [-0.4, -0.2) is 10.9 Å². The molecule has 0 atom stereocenters. The summed E-state index contributed by atoms with van der Waals surface area (Å²) in [5, 5.41) is 3.36. The number of carbonyl (C=O) groups excluding carboxylic acids is 1. The highest BCUT2D eigenvalue weighted by atomic mass is 16.2. The first-order chi connectivity index (χ1) is 11.7. The average Bonchev–Trinajstić information content (AvgIpc) is 2.78. The number of nitrogen functional groups attached to an aromatic ring is 1. The van der Waals surface area contributed by atoms with Crippen molar-refractivity contribution in [3.05, 3.63) is 42.1 Å². The molecular formula is C19H22N4O. The van der Waals surface area contributed by atoms with E-state index < -0.39 is 0 Å². The third-order valence-corrected chi connectivity index (χ3v) is 5.01. The molecule has 124 valence electrons. The van der Waals surface area contributed by atoms with E-state index in [1.54, 1.807) is 6.20 Å². The van der Waals surface area contributed by atoms with Gasteiger partial charge in [-0.05, 0) is 37.1 Å². The maximum atomic E-state index is 13.2. The number of hydrogen-bond acceptors (Lipinski definition) is 4. The Morgan fingerprint density at radius 2 is 2.04 bits per heavy atom. The molecule has 1 fully saturated rings. The molecule has 1 aliphatic heterocycles. The number of amides is 1. The van der Waals surface area contributed by atoms with Gasteiger partial charge in [0.05, 0.1) is 17.9 Å². The normalized spacial score (nSPS) is 17.4. The van der Waals surface area contributed by atoms with Gasteiger partial charge in [0.25, 0.3) is 0 Å². The minimum Gasteiger partial charge on any atom is -0.399 e. The van der Waals surface area contributed by atoms with Crippen LogP contribution in [0, 0.1) is 5.92 Å². The third kappa shape index (κ3) is 2.70. The summed E-state index contributed by atoms with van der Waals surface area (Å²) in [6.07, 6.45) is 7.26. The zero-order valence-corrected chi connectivity index (χ0v) is 13.7. The summed E-state index contributed by atoms with van der Waals surface area (Å²) in [5.74, 6) is 1.13. The van der Waals surface area contributed by atoms with Gasteiger partial charge in [0, 0.05) is 23.4 Å². The molecule has 1 aliphatic carbocycles. The maximum absolute atomic E-state index is 13.2. The van der Waals surface area contributed by atoms with Gasteiger partial charge in [0.1, 0.15) is 5.82 Å². The fourth-order valence-corrected chi connectivity index (χ4v) is 3.71. The van der Waals surface area contributed by atoms with Crippen LogP contribution in [0.25, 0.3) is 0 Å². The summed E-state index contributed by atoms with van der Waals surface area (Å²) >= 11 is 0. The molecule has 2 aromatic rings. The number of rotatable bonds is 1. The zero-order valence-electron chi connectivity index (χ0n) is 13.7. The van der Waals surface area contributed by atoms with Crippen LogP contribution in [-0.2, 0) is 11.3 Å². The topological polar surface area (TPSA) is 71.2 Å². The molecule has 0 spiro atoms. The Morgan fingerprint density at radius 1 is 1.21 bits per heavy atom. The second-order valence-electron chi connectivity index (χ2n) is 6.67. The van der Waals surface area contributed by atoms with Crippen LogP contribution < -0.4 is 16.0 Å². The van der Waals surface area contributed by atoms with Crippen molar-refractivity contribution in [2.45, 2.75) is 38.6 Å². The van der Waals surface area contributed by atoms with E-state index in [1.807, 2.05) is 35.2 Å². The summed E-state index contributed by atoms with van der Waals surface area (Å²) in [5.41, 5.74) is 9.42. The van der Waals surface area contributed by atoms with Crippen molar-refractivity contribution in [2.75, 3.05) is 16.0 Å². The van der Waals surface area contributed by atoms with Crippen molar-refractivity contribution in [3.63, 3.8) is 0 Å². The minimum atomic E-state index is 0.117. The Labute approximate surface area is 141 Å². The molecule has 0 unspecified atom stereocenters. The predicted octanol–water partition coefficient (Wildman–Crippen LogP) is 3.83. The fourth-order valence-electron chi connectivity index (χ4n) is 3.71. The number of benzene rings is 1. The van der Waals surface area contributed by atoms with Crippen molar-refractivity contribution >= 4 is 28.8 Å². The molecule has 0 bridgehead atoms. The van der Waals surface area contributed by atoms with Crippen LogP contribution in [0.4, 0.5) is 22.9 Å². The zero-order chi connectivity index (χ0) is 16.5. The van der Waals surface area contributed by atoms with Gasteiger partial charge in [-0.15, -0.1) is 0 Å². The van der Waals surface area contributed by atoms with Gasteiger partial charge in [0.15, 0.2) is 0 Å². The summed E-state index contributed by atoms with van der Waals surface area (Å²) < 4.78 is 0. The van der Waals surface area contributed by atoms with Crippen molar-refractivity contribution in [1.29, 1.82) is 0 Å². The van der Waals surface area contributed by atoms with Gasteiger partial charge in [-0.2, -0.15) is 0 Å². The van der Waals surface area contributed by atoms with Crippen LogP contribution in [0.5, 0.6) is 0 Å². The van der Waals surface area contributed by atoms with Gasteiger partial charge in [-0.25, -0.2) is 4.98 Å². The van der Waals surface area contributed by atoms with E-state index >= 15 is 0 Å². The van der Waals surface area contributed by atoms with E-state index in [0.29, 0.717) is 12.2 Å². The Bertz CT molecular complexity index is 768. The number of hydrogen-bond donors (Lipinski definition) is 2. The Hall–Kier alpha value is -2.56.